The second-order valence-corrected chi connectivity index (χ2v) is 5.16. The van der Waals surface area contributed by atoms with Gasteiger partial charge in [-0.3, -0.25) is 14.3 Å². The molecule has 0 aromatic carbocycles. The molecule has 1 aromatic heterocycles. The first-order chi connectivity index (χ1) is 10.5. The van der Waals surface area contributed by atoms with Crippen molar-refractivity contribution in [1.82, 2.24) is 14.7 Å². The van der Waals surface area contributed by atoms with Crippen LogP contribution in [0.2, 0.25) is 0 Å². The fourth-order valence-electron chi connectivity index (χ4n) is 2.46. The van der Waals surface area contributed by atoms with Gasteiger partial charge in [-0.1, -0.05) is 0 Å². The highest BCUT2D eigenvalue weighted by molar-refractivity contribution is 5.87. The fraction of sp³-hybridized carbons (Fsp3) is 0.571. The Labute approximate surface area is 127 Å². The first kappa shape index (κ1) is 16.0. The summed E-state index contributed by atoms with van der Waals surface area (Å²) in [7, 11) is 0. The molecular weight excluding hydrogens is 290 g/mol. The quantitative estimate of drug-likeness (QED) is 0.789. The van der Waals surface area contributed by atoms with E-state index in [-0.39, 0.29) is 29.9 Å². The molecular formula is C14H19N3O5. The standard InChI is InChI=1S/C14H19N3O5/c1-2-22-14(21)10-4-3-5-16(7-10)12(18)9-17-8-11(6-15-17)13(19)20/h6,8,10H,2-5,7,9H2,1H3,(H,19,20). The number of hydrogen-bond acceptors (Lipinski definition) is 5. The van der Waals surface area contributed by atoms with E-state index in [1.54, 1.807) is 11.8 Å². The van der Waals surface area contributed by atoms with Gasteiger partial charge in [-0.2, -0.15) is 5.10 Å². The normalized spacial score (nSPS) is 18.0. The lowest BCUT2D eigenvalue weighted by atomic mass is 9.98. The van der Waals surface area contributed by atoms with Gasteiger partial charge >= 0.3 is 11.9 Å². The Balaban J connectivity index is 1.93. The molecule has 0 saturated carbocycles. The topological polar surface area (TPSA) is 102 Å². The smallest absolute Gasteiger partial charge is 0.338 e. The number of aromatic carboxylic acids is 1. The van der Waals surface area contributed by atoms with Crippen molar-refractivity contribution < 1.29 is 24.2 Å². The number of carbonyl (C=O) groups is 3. The van der Waals surface area contributed by atoms with Crippen LogP contribution in [0.5, 0.6) is 0 Å². The zero-order valence-corrected chi connectivity index (χ0v) is 12.4. The van der Waals surface area contributed by atoms with E-state index >= 15 is 0 Å². The molecule has 2 rings (SSSR count). The van der Waals surface area contributed by atoms with Crippen molar-refractivity contribution in [3.63, 3.8) is 0 Å². The van der Waals surface area contributed by atoms with Crippen LogP contribution in [0.1, 0.15) is 30.1 Å². The molecule has 0 bridgehead atoms. The summed E-state index contributed by atoms with van der Waals surface area (Å²) in [5.74, 6) is -1.83. The van der Waals surface area contributed by atoms with Gasteiger partial charge in [-0.15, -0.1) is 0 Å². The first-order valence-electron chi connectivity index (χ1n) is 7.21. The second-order valence-electron chi connectivity index (χ2n) is 5.16. The third-order valence-corrected chi connectivity index (χ3v) is 3.57. The molecule has 1 aliphatic heterocycles. The van der Waals surface area contributed by atoms with Crippen LogP contribution < -0.4 is 0 Å². The fourth-order valence-corrected chi connectivity index (χ4v) is 2.46. The average molecular weight is 309 g/mol. The summed E-state index contributed by atoms with van der Waals surface area (Å²) in [5.41, 5.74) is 0.0378. The minimum atomic E-state index is -1.08. The molecule has 1 aliphatic rings. The lowest BCUT2D eigenvalue weighted by Crippen LogP contribution is -2.44. The molecule has 0 spiro atoms. The number of rotatable bonds is 5. The second kappa shape index (κ2) is 7.06. The van der Waals surface area contributed by atoms with Crippen LogP contribution in [-0.2, 0) is 20.9 Å². The highest BCUT2D eigenvalue weighted by Crippen LogP contribution is 2.18. The third-order valence-electron chi connectivity index (χ3n) is 3.57. The van der Waals surface area contributed by atoms with Gasteiger partial charge in [0.25, 0.3) is 0 Å². The molecule has 1 aromatic rings. The Hall–Kier alpha value is -2.38. The van der Waals surface area contributed by atoms with Crippen LogP contribution in [-0.4, -0.2) is 57.3 Å². The number of likely N-dealkylation sites (tertiary alicyclic amines) is 1. The molecule has 0 aliphatic carbocycles. The summed E-state index contributed by atoms with van der Waals surface area (Å²) >= 11 is 0. The van der Waals surface area contributed by atoms with Crippen LogP contribution >= 0.6 is 0 Å². The van der Waals surface area contributed by atoms with Crippen molar-refractivity contribution >= 4 is 17.8 Å². The third kappa shape index (κ3) is 3.84. The number of ether oxygens (including phenoxy) is 1. The van der Waals surface area contributed by atoms with E-state index in [9.17, 15) is 14.4 Å². The molecule has 1 unspecified atom stereocenters. The largest absolute Gasteiger partial charge is 0.478 e. The van der Waals surface area contributed by atoms with Crippen LogP contribution in [0.15, 0.2) is 12.4 Å². The molecule has 1 fully saturated rings. The molecule has 1 saturated heterocycles. The Bertz CT molecular complexity index is 569. The van der Waals surface area contributed by atoms with Gasteiger partial charge in [0, 0.05) is 19.3 Å². The number of esters is 1. The zero-order chi connectivity index (χ0) is 16.1. The van der Waals surface area contributed by atoms with Crippen LogP contribution in [0, 0.1) is 5.92 Å². The Morgan fingerprint density at radius 3 is 2.86 bits per heavy atom. The van der Waals surface area contributed by atoms with E-state index in [1.807, 2.05) is 0 Å². The van der Waals surface area contributed by atoms with Crippen molar-refractivity contribution in [2.45, 2.75) is 26.3 Å². The number of piperidine rings is 1. The molecule has 8 heteroatoms. The molecule has 2 heterocycles. The maximum absolute atomic E-state index is 12.2. The van der Waals surface area contributed by atoms with Crippen LogP contribution in [0.3, 0.4) is 0 Å². The van der Waals surface area contributed by atoms with Crippen molar-refractivity contribution in [3.05, 3.63) is 18.0 Å². The Kier molecular flexibility index (Phi) is 5.13. The number of carboxylic acid groups (broad SMARTS) is 1. The van der Waals surface area contributed by atoms with Crippen LogP contribution in [0.25, 0.3) is 0 Å². The minimum Gasteiger partial charge on any atom is -0.478 e. The lowest BCUT2D eigenvalue weighted by molar-refractivity contribution is -0.151. The Morgan fingerprint density at radius 2 is 2.23 bits per heavy atom. The van der Waals surface area contributed by atoms with E-state index in [0.717, 1.165) is 6.42 Å². The van der Waals surface area contributed by atoms with E-state index < -0.39 is 5.97 Å². The summed E-state index contributed by atoms with van der Waals surface area (Å²) in [6, 6.07) is 0. The maximum Gasteiger partial charge on any atom is 0.338 e. The number of carboxylic acids is 1. The van der Waals surface area contributed by atoms with Gasteiger partial charge in [-0.25, -0.2) is 4.79 Å². The molecule has 120 valence electrons. The SMILES string of the molecule is CCOC(=O)C1CCCN(C(=O)Cn2cc(C(=O)O)cn2)C1. The number of carbonyl (C=O) groups excluding carboxylic acids is 2. The van der Waals surface area contributed by atoms with E-state index in [2.05, 4.69) is 5.10 Å². The van der Waals surface area contributed by atoms with Crippen molar-refractivity contribution in [2.24, 2.45) is 5.92 Å². The number of hydrogen-bond donors (Lipinski definition) is 1. The molecule has 1 amide bonds. The number of amides is 1. The van der Waals surface area contributed by atoms with Gasteiger partial charge in [-0.05, 0) is 19.8 Å². The van der Waals surface area contributed by atoms with E-state index in [4.69, 9.17) is 9.84 Å². The van der Waals surface area contributed by atoms with Gasteiger partial charge in [0.05, 0.1) is 24.3 Å². The molecule has 22 heavy (non-hydrogen) atoms. The highest BCUT2D eigenvalue weighted by Gasteiger charge is 2.29. The summed E-state index contributed by atoms with van der Waals surface area (Å²) < 4.78 is 6.29. The average Bonchev–Trinajstić information content (AvgIpc) is 2.96. The van der Waals surface area contributed by atoms with Gasteiger partial charge < -0.3 is 14.7 Å². The number of aromatic nitrogens is 2. The lowest BCUT2D eigenvalue weighted by Gasteiger charge is -2.31. The monoisotopic (exact) mass is 309 g/mol. The van der Waals surface area contributed by atoms with E-state index in [1.165, 1.54) is 17.1 Å². The summed E-state index contributed by atoms with van der Waals surface area (Å²) in [5, 5.41) is 12.7. The number of nitrogens with zero attached hydrogens (tertiary/aromatic N) is 3. The highest BCUT2D eigenvalue weighted by atomic mass is 16.5. The molecule has 1 atom stereocenters. The molecule has 0 radical (unpaired) electrons. The maximum atomic E-state index is 12.2. The predicted octanol–water partition coefficient (Wildman–Crippen LogP) is 0.383. The van der Waals surface area contributed by atoms with Crippen molar-refractivity contribution in [1.29, 1.82) is 0 Å². The van der Waals surface area contributed by atoms with Gasteiger partial charge in [0.1, 0.15) is 6.54 Å². The predicted molar refractivity (Wildman–Crippen MR) is 75.1 cm³/mol. The van der Waals surface area contributed by atoms with Gasteiger partial charge in [0.15, 0.2) is 0 Å². The Morgan fingerprint density at radius 1 is 1.45 bits per heavy atom. The summed E-state index contributed by atoms with van der Waals surface area (Å²) in [6.45, 7) is 2.96. The minimum absolute atomic E-state index is 0.0378. The first-order valence-corrected chi connectivity index (χ1v) is 7.21. The summed E-state index contributed by atoms with van der Waals surface area (Å²) in [6.07, 6.45) is 3.97. The van der Waals surface area contributed by atoms with Crippen LogP contribution in [0.4, 0.5) is 0 Å². The molecule has 1 N–H and O–H groups in total. The van der Waals surface area contributed by atoms with Gasteiger partial charge in [0.2, 0.25) is 5.91 Å². The summed E-state index contributed by atoms with van der Waals surface area (Å²) in [4.78, 5) is 36.4. The van der Waals surface area contributed by atoms with Crippen molar-refractivity contribution in [3.8, 4) is 0 Å². The zero-order valence-electron chi connectivity index (χ0n) is 12.4. The van der Waals surface area contributed by atoms with Crippen molar-refractivity contribution in [2.75, 3.05) is 19.7 Å². The molecule has 8 nitrogen and oxygen atoms in total. The van der Waals surface area contributed by atoms with E-state index in [0.29, 0.717) is 26.1 Å².